The Hall–Kier alpha value is -0.790. The van der Waals surface area contributed by atoms with Crippen LogP contribution in [-0.2, 0) is 0 Å². The van der Waals surface area contributed by atoms with Crippen LogP contribution in [0, 0.1) is 0 Å². The highest BCUT2D eigenvalue weighted by Crippen LogP contribution is 2.27. The summed E-state index contributed by atoms with van der Waals surface area (Å²) in [7, 11) is 0. The average Bonchev–Trinajstić information content (AvgIpc) is 3.45. The molecule has 0 amide bonds. The zero-order valence-corrected chi connectivity index (χ0v) is 28.3. The molecule has 0 saturated carbocycles. The van der Waals surface area contributed by atoms with E-state index < -0.39 is 0 Å². The quantitative estimate of drug-likeness (QED) is 0.0689. The van der Waals surface area contributed by atoms with Crippen LogP contribution in [0.5, 0.6) is 0 Å². The van der Waals surface area contributed by atoms with Gasteiger partial charge in [0.2, 0.25) is 0 Å². The molecule has 2 unspecified atom stereocenters. The lowest BCUT2D eigenvalue weighted by atomic mass is 9.92. The molecule has 2 atom stereocenters. The van der Waals surface area contributed by atoms with Gasteiger partial charge in [-0.15, -0.1) is 0 Å². The number of nitrogens with one attached hydrogen (secondary N) is 1. The number of aromatic nitrogens is 2. The Morgan fingerprint density at radius 1 is 0.475 bits per heavy atom. The van der Waals surface area contributed by atoms with Crippen molar-refractivity contribution in [1.82, 2.24) is 4.98 Å². The predicted molar refractivity (Wildman–Crippen MR) is 179 cm³/mol. The van der Waals surface area contributed by atoms with Crippen molar-refractivity contribution in [2.45, 2.75) is 226 Å². The molecule has 1 N–H and O–H groups in total. The first kappa shape index (κ1) is 37.2. The first-order valence-electron chi connectivity index (χ1n) is 18.8. The number of H-pyrrole nitrogens is 1. The van der Waals surface area contributed by atoms with Crippen LogP contribution in [-0.4, -0.2) is 4.98 Å². The van der Waals surface area contributed by atoms with Crippen LogP contribution in [0.1, 0.15) is 232 Å². The van der Waals surface area contributed by atoms with Crippen molar-refractivity contribution in [3.8, 4) is 0 Å². The van der Waals surface area contributed by atoms with Crippen LogP contribution in [0.15, 0.2) is 12.4 Å². The van der Waals surface area contributed by atoms with Gasteiger partial charge in [-0.1, -0.05) is 181 Å². The minimum atomic E-state index is 0.620. The molecule has 0 spiro atoms. The molecule has 40 heavy (non-hydrogen) atoms. The number of rotatable bonds is 31. The third-order valence-corrected chi connectivity index (χ3v) is 9.39. The molecule has 236 valence electrons. The standard InChI is InChI=1S/C38H74N2/c1-5-8-11-13-15-17-19-20-21-23-25-27-30-33-37(32-29-26-24-22-18-16-14-12-9-6-2)38-39-34-35-40(38)36(4)31-28-10-7-3/h34-37H,5-33H2,1-4H3/p+1. The Morgan fingerprint density at radius 3 is 1.20 bits per heavy atom. The second-order valence-electron chi connectivity index (χ2n) is 13.3. The van der Waals surface area contributed by atoms with Crippen LogP contribution in [0.2, 0.25) is 0 Å². The van der Waals surface area contributed by atoms with E-state index in [9.17, 15) is 0 Å². The monoisotopic (exact) mass is 560 g/mol. The molecule has 0 aliphatic heterocycles. The van der Waals surface area contributed by atoms with E-state index in [1.165, 1.54) is 192 Å². The van der Waals surface area contributed by atoms with Crippen LogP contribution in [0.3, 0.4) is 0 Å². The Balaban J connectivity index is 2.35. The molecule has 1 rings (SSSR count). The maximum Gasteiger partial charge on any atom is 0.257 e. The van der Waals surface area contributed by atoms with Crippen molar-refractivity contribution in [3.63, 3.8) is 0 Å². The first-order chi connectivity index (χ1) is 19.7. The third kappa shape index (κ3) is 20.1. The van der Waals surface area contributed by atoms with Gasteiger partial charge in [-0.25, -0.2) is 9.55 Å². The molecule has 1 aromatic heterocycles. The number of aromatic amines is 1. The maximum absolute atomic E-state index is 3.72. The summed E-state index contributed by atoms with van der Waals surface area (Å²) in [6, 6.07) is 0.620. The third-order valence-electron chi connectivity index (χ3n) is 9.39. The molecular weight excluding hydrogens is 484 g/mol. The summed E-state index contributed by atoms with van der Waals surface area (Å²) >= 11 is 0. The van der Waals surface area contributed by atoms with Crippen LogP contribution in [0.25, 0.3) is 0 Å². The van der Waals surface area contributed by atoms with Crippen molar-refractivity contribution >= 4 is 0 Å². The highest BCUT2D eigenvalue weighted by atomic mass is 15.1. The molecule has 0 saturated heterocycles. The van der Waals surface area contributed by atoms with Crippen LogP contribution < -0.4 is 4.57 Å². The van der Waals surface area contributed by atoms with E-state index in [2.05, 4.69) is 49.6 Å². The molecule has 0 bridgehead atoms. The van der Waals surface area contributed by atoms with Crippen molar-refractivity contribution in [2.75, 3.05) is 0 Å². The van der Waals surface area contributed by atoms with Crippen molar-refractivity contribution in [3.05, 3.63) is 18.2 Å². The van der Waals surface area contributed by atoms with E-state index in [0.717, 1.165) is 0 Å². The lowest BCUT2D eigenvalue weighted by molar-refractivity contribution is -0.727. The second-order valence-corrected chi connectivity index (χ2v) is 13.3. The van der Waals surface area contributed by atoms with Gasteiger partial charge in [-0.2, -0.15) is 0 Å². The molecule has 0 fully saturated rings. The molecular formula is C38H75N2+. The molecule has 1 heterocycles. The van der Waals surface area contributed by atoms with E-state index >= 15 is 0 Å². The second kappa shape index (κ2) is 28.3. The maximum atomic E-state index is 3.72. The van der Waals surface area contributed by atoms with Crippen LogP contribution in [0.4, 0.5) is 0 Å². The highest BCUT2D eigenvalue weighted by Gasteiger charge is 2.25. The summed E-state index contributed by atoms with van der Waals surface area (Å²) in [5.74, 6) is 2.24. The lowest BCUT2D eigenvalue weighted by Gasteiger charge is -2.17. The topological polar surface area (TPSA) is 19.7 Å². The van der Waals surface area contributed by atoms with Gasteiger partial charge in [-0.3, -0.25) is 0 Å². The van der Waals surface area contributed by atoms with Gasteiger partial charge in [0.25, 0.3) is 5.82 Å². The first-order valence-corrected chi connectivity index (χ1v) is 18.8. The summed E-state index contributed by atoms with van der Waals surface area (Å²) in [6.07, 6.45) is 45.8. The van der Waals surface area contributed by atoms with Gasteiger partial charge in [0.05, 0.1) is 12.0 Å². The number of hydrogen-bond acceptors (Lipinski definition) is 0. The van der Waals surface area contributed by atoms with Crippen molar-refractivity contribution < 1.29 is 4.57 Å². The smallest absolute Gasteiger partial charge is 0.247 e. The number of nitrogens with zero attached hydrogens (tertiary/aromatic N) is 1. The molecule has 0 radical (unpaired) electrons. The molecule has 0 aliphatic rings. The molecule has 0 aromatic carbocycles. The normalized spacial score (nSPS) is 13.2. The molecule has 2 heteroatoms. The fourth-order valence-corrected chi connectivity index (χ4v) is 6.60. The Labute approximate surface area is 253 Å². The summed E-state index contributed by atoms with van der Waals surface area (Å²) in [5, 5.41) is 0. The van der Waals surface area contributed by atoms with Gasteiger partial charge >= 0.3 is 0 Å². The van der Waals surface area contributed by atoms with Gasteiger partial charge in [0.15, 0.2) is 0 Å². The highest BCUT2D eigenvalue weighted by molar-refractivity contribution is 4.90. The van der Waals surface area contributed by atoms with Gasteiger partial charge in [0, 0.05) is 0 Å². The summed E-state index contributed by atoms with van der Waals surface area (Å²) in [5.41, 5.74) is 0. The van der Waals surface area contributed by atoms with Gasteiger partial charge < -0.3 is 0 Å². The van der Waals surface area contributed by atoms with E-state index in [1.807, 2.05) is 0 Å². The minimum Gasteiger partial charge on any atom is -0.247 e. The zero-order valence-electron chi connectivity index (χ0n) is 28.3. The molecule has 2 nitrogen and oxygen atoms in total. The van der Waals surface area contributed by atoms with E-state index in [4.69, 9.17) is 0 Å². The fourth-order valence-electron chi connectivity index (χ4n) is 6.60. The predicted octanol–water partition coefficient (Wildman–Crippen LogP) is 13.3. The average molecular weight is 560 g/mol. The van der Waals surface area contributed by atoms with E-state index in [-0.39, 0.29) is 0 Å². The SMILES string of the molecule is CCCCCCCCCCCCCCCC(CCCCCCCCCCCC)c1[nH]cc[n+]1C(C)CCCCC. The van der Waals surface area contributed by atoms with Crippen LogP contribution >= 0.6 is 0 Å². The molecule has 0 aliphatic carbocycles. The number of unbranched alkanes of at least 4 members (excludes halogenated alkanes) is 23. The Morgan fingerprint density at radius 2 is 0.800 bits per heavy atom. The van der Waals surface area contributed by atoms with Gasteiger partial charge in [0.1, 0.15) is 12.4 Å². The largest absolute Gasteiger partial charge is 0.257 e. The Bertz CT molecular complexity index is 621. The summed E-state index contributed by atoms with van der Waals surface area (Å²) in [6.45, 7) is 9.38. The van der Waals surface area contributed by atoms with E-state index in [1.54, 1.807) is 0 Å². The summed E-state index contributed by atoms with van der Waals surface area (Å²) in [4.78, 5) is 3.72. The van der Waals surface area contributed by atoms with Gasteiger partial charge in [-0.05, 0) is 32.6 Å². The zero-order chi connectivity index (χ0) is 28.9. The number of hydrogen-bond donors (Lipinski definition) is 1. The van der Waals surface area contributed by atoms with E-state index in [0.29, 0.717) is 12.0 Å². The fraction of sp³-hybridized carbons (Fsp3) is 0.921. The molecule has 1 aromatic rings. The van der Waals surface area contributed by atoms with Crippen molar-refractivity contribution in [1.29, 1.82) is 0 Å². The summed E-state index contributed by atoms with van der Waals surface area (Å²) < 4.78 is 2.61. The minimum absolute atomic E-state index is 0.620. The van der Waals surface area contributed by atoms with Crippen molar-refractivity contribution in [2.24, 2.45) is 0 Å². The lowest BCUT2D eigenvalue weighted by Crippen LogP contribution is -2.41. The number of imidazole rings is 1. The Kier molecular flexibility index (Phi) is 26.4.